The summed E-state index contributed by atoms with van der Waals surface area (Å²) >= 11 is 3.26. The summed E-state index contributed by atoms with van der Waals surface area (Å²) < 4.78 is 11.1. The lowest BCUT2D eigenvalue weighted by molar-refractivity contribution is 0.173. The maximum Gasteiger partial charge on any atom is 0.231 e. The Bertz CT molecular complexity index is 339. The minimum Gasteiger partial charge on any atom is -0.506 e. The number of rotatable bonds is 0. The number of hydrogen-bond donors (Lipinski definition) is 1. The van der Waals surface area contributed by atoms with E-state index in [9.17, 15) is 5.11 Å². The molecular formula is C9H9BrO3. The zero-order chi connectivity index (χ0) is 9.59. The molecule has 0 spiro atoms. The highest BCUT2D eigenvalue weighted by atomic mass is 79.9. The summed E-state index contributed by atoms with van der Waals surface area (Å²) in [5.41, 5.74) is 1.74. The highest BCUT2D eigenvalue weighted by Gasteiger charge is 2.24. The number of ether oxygens (including phenoxy) is 2. The first-order valence-corrected chi connectivity index (χ1v) is 4.69. The van der Waals surface area contributed by atoms with Crippen molar-refractivity contribution < 1.29 is 14.6 Å². The number of phenolic OH excluding ortho intramolecular Hbond substituents is 1. The quantitative estimate of drug-likeness (QED) is 0.763. The lowest BCUT2D eigenvalue weighted by Crippen LogP contribution is -1.93. The molecule has 0 saturated carbocycles. The Balaban J connectivity index is 2.77. The maximum atomic E-state index is 9.67. The topological polar surface area (TPSA) is 38.7 Å². The molecule has 1 heterocycles. The molecule has 0 atom stereocenters. The van der Waals surface area contributed by atoms with Gasteiger partial charge in [0.1, 0.15) is 10.2 Å². The van der Waals surface area contributed by atoms with Crippen LogP contribution in [0, 0.1) is 13.8 Å². The third kappa shape index (κ3) is 1.09. The van der Waals surface area contributed by atoms with Gasteiger partial charge in [-0.05, 0) is 35.3 Å². The summed E-state index contributed by atoms with van der Waals surface area (Å²) in [5.74, 6) is 1.55. The predicted molar refractivity (Wildman–Crippen MR) is 51.4 cm³/mol. The van der Waals surface area contributed by atoms with Crippen LogP contribution in [0.5, 0.6) is 17.2 Å². The second-order valence-corrected chi connectivity index (χ2v) is 3.77. The third-order valence-corrected chi connectivity index (χ3v) is 3.01. The van der Waals surface area contributed by atoms with Crippen LogP contribution < -0.4 is 9.47 Å². The van der Waals surface area contributed by atoms with Crippen LogP contribution in [0.25, 0.3) is 0 Å². The van der Waals surface area contributed by atoms with Crippen molar-refractivity contribution in [3.05, 3.63) is 15.6 Å². The van der Waals surface area contributed by atoms with Crippen molar-refractivity contribution in [2.45, 2.75) is 13.8 Å². The van der Waals surface area contributed by atoms with Gasteiger partial charge in [0.25, 0.3) is 0 Å². The minimum atomic E-state index is 0.220. The summed E-state index contributed by atoms with van der Waals surface area (Å²) in [4.78, 5) is 0. The summed E-state index contributed by atoms with van der Waals surface area (Å²) in [5, 5.41) is 9.67. The van der Waals surface area contributed by atoms with E-state index in [1.165, 1.54) is 0 Å². The molecule has 1 aromatic carbocycles. The first kappa shape index (κ1) is 8.69. The molecule has 1 aliphatic heterocycles. The average Bonchev–Trinajstić information content (AvgIpc) is 2.59. The van der Waals surface area contributed by atoms with Crippen LogP contribution in [-0.4, -0.2) is 11.9 Å². The molecule has 0 amide bonds. The fraction of sp³-hybridized carbons (Fsp3) is 0.333. The zero-order valence-corrected chi connectivity index (χ0v) is 8.93. The van der Waals surface area contributed by atoms with Gasteiger partial charge in [0, 0.05) is 5.56 Å². The van der Waals surface area contributed by atoms with Crippen LogP contribution in [0.15, 0.2) is 4.47 Å². The zero-order valence-electron chi connectivity index (χ0n) is 7.35. The summed E-state index contributed by atoms with van der Waals surface area (Å²) in [6, 6.07) is 0. The molecule has 0 unspecified atom stereocenters. The third-order valence-electron chi connectivity index (χ3n) is 2.28. The van der Waals surface area contributed by atoms with Gasteiger partial charge in [0.05, 0.1) is 0 Å². The Morgan fingerprint density at radius 3 is 2.46 bits per heavy atom. The molecule has 0 aromatic heterocycles. The van der Waals surface area contributed by atoms with Gasteiger partial charge in [-0.25, -0.2) is 0 Å². The molecule has 0 fully saturated rings. The summed E-state index contributed by atoms with van der Waals surface area (Å²) in [6.45, 7) is 3.96. The predicted octanol–water partition coefficient (Wildman–Crippen LogP) is 2.50. The Morgan fingerprint density at radius 1 is 1.15 bits per heavy atom. The van der Waals surface area contributed by atoms with Crippen molar-refractivity contribution in [1.82, 2.24) is 0 Å². The van der Waals surface area contributed by atoms with Crippen molar-refractivity contribution in [2.24, 2.45) is 0 Å². The van der Waals surface area contributed by atoms with Crippen LogP contribution in [0.1, 0.15) is 11.1 Å². The lowest BCUT2D eigenvalue weighted by atomic mass is 10.1. The molecule has 1 aromatic rings. The molecular weight excluding hydrogens is 236 g/mol. The van der Waals surface area contributed by atoms with E-state index in [1.807, 2.05) is 13.8 Å². The van der Waals surface area contributed by atoms with Crippen LogP contribution in [0.3, 0.4) is 0 Å². The SMILES string of the molecule is Cc1c(C)c2c(c(Br)c1O)OCO2. The van der Waals surface area contributed by atoms with Gasteiger partial charge in [-0.2, -0.15) is 0 Å². The molecule has 3 nitrogen and oxygen atoms in total. The molecule has 4 heteroatoms. The monoisotopic (exact) mass is 244 g/mol. The van der Waals surface area contributed by atoms with E-state index in [-0.39, 0.29) is 12.5 Å². The molecule has 2 rings (SSSR count). The first-order chi connectivity index (χ1) is 6.13. The van der Waals surface area contributed by atoms with Crippen LogP contribution in [0.4, 0.5) is 0 Å². The fourth-order valence-electron chi connectivity index (χ4n) is 1.34. The molecule has 13 heavy (non-hydrogen) atoms. The lowest BCUT2D eigenvalue weighted by Gasteiger charge is -2.09. The van der Waals surface area contributed by atoms with E-state index < -0.39 is 0 Å². The first-order valence-electron chi connectivity index (χ1n) is 3.90. The summed E-state index contributed by atoms with van der Waals surface area (Å²) in [6.07, 6.45) is 0. The van der Waals surface area contributed by atoms with E-state index >= 15 is 0 Å². The van der Waals surface area contributed by atoms with Crippen molar-refractivity contribution in [1.29, 1.82) is 0 Å². The molecule has 0 radical (unpaired) electrons. The molecule has 70 valence electrons. The normalized spacial score (nSPS) is 13.5. The minimum absolute atomic E-state index is 0.220. The van der Waals surface area contributed by atoms with Gasteiger partial charge in [0.2, 0.25) is 6.79 Å². The van der Waals surface area contributed by atoms with Crippen LogP contribution in [0.2, 0.25) is 0 Å². The Hall–Kier alpha value is -0.900. The number of hydrogen-bond acceptors (Lipinski definition) is 3. The van der Waals surface area contributed by atoms with E-state index in [0.29, 0.717) is 10.2 Å². The van der Waals surface area contributed by atoms with Gasteiger partial charge >= 0.3 is 0 Å². The molecule has 1 N–H and O–H groups in total. The van der Waals surface area contributed by atoms with Crippen LogP contribution >= 0.6 is 15.9 Å². The van der Waals surface area contributed by atoms with Crippen LogP contribution in [-0.2, 0) is 0 Å². The molecule has 0 bridgehead atoms. The van der Waals surface area contributed by atoms with E-state index in [2.05, 4.69) is 15.9 Å². The Labute approximate surface area is 84.4 Å². The van der Waals surface area contributed by atoms with Crippen molar-refractivity contribution in [3.8, 4) is 17.2 Å². The second-order valence-electron chi connectivity index (χ2n) is 2.98. The van der Waals surface area contributed by atoms with Gasteiger partial charge in [-0.15, -0.1) is 0 Å². The van der Waals surface area contributed by atoms with E-state index in [1.54, 1.807) is 0 Å². The van der Waals surface area contributed by atoms with Gasteiger partial charge in [-0.1, -0.05) is 0 Å². The van der Waals surface area contributed by atoms with Crippen molar-refractivity contribution in [3.63, 3.8) is 0 Å². The van der Waals surface area contributed by atoms with Crippen molar-refractivity contribution in [2.75, 3.05) is 6.79 Å². The van der Waals surface area contributed by atoms with Gasteiger partial charge in [-0.3, -0.25) is 0 Å². The van der Waals surface area contributed by atoms with Gasteiger partial charge < -0.3 is 14.6 Å². The maximum absolute atomic E-state index is 9.67. The number of benzene rings is 1. The van der Waals surface area contributed by atoms with Gasteiger partial charge in [0.15, 0.2) is 11.5 Å². The molecule has 0 saturated heterocycles. The number of aromatic hydroxyl groups is 1. The second kappa shape index (κ2) is 2.80. The standard InChI is InChI=1S/C9H9BrO3/c1-4-5(2)8-9(13-3-12-8)6(10)7(4)11/h11H,3H2,1-2H3. The smallest absolute Gasteiger partial charge is 0.231 e. The molecule has 1 aliphatic rings. The van der Waals surface area contributed by atoms with Crippen molar-refractivity contribution >= 4 is 15.9 Å². The number of fused-ring (bicyclic) bond motifs is 1. The number of halogens is 1. The van der Waals surface area contributed by atoms with E-state index in [0.717, 1.165) is 16.9 Å². The average molecular weight is 245 g/mol. The Morgan fingerprint density at radius 2 is 1.77 bits per heavy atom. The highest BCUT2D eigenvalue weighted by Crippen LogP contribution is 2.48. The fourth-order valence-corrected chi connectivity index (χ4v) is 1.93. The largest absolute Gasteiger partial charge is 0.506 e. The Kier molecular flexibility index (Phi) is 1.87. The highest BCUT2D eigenvalue weighted by molar-refractivity contribution is 9.10. The van der Waals surface area contributed by atoms with E-state index in [4.69, 9.17) is 9.47 Å². The molecule has 0 aliphatic carbocycles. The summed E-state index contributed by atoms with van der Waals surface area (Å²) in [7, 11) is 0. The number of phenols is 1.